The van der Waals surface area contributed by atoms with Crippen molar-refractivity contribution in [1.29, 1.82) is 0 Å². The Bertz CT molecular complexity index is 1300. The summed E-state index contributed by atoms with van der Waals surface area (Å²) in [5.41, 5.74) is 3.55. The van der Waals surface area contributed by atoms with Gasteiger partial charge in [-0.25, -0.2) is 0 Å². The number of hydrogen-bond acceptors (Lipinski definition) is 7. The highest BCUT2D eigenvalue weighted by Gasteiger charge is 2.44. The lowest BCUT2D eigenvalue weighted by Gasteiger charge is -2.35. The van der Waals surface area contributed by atoms with Crippen LogP contribution >= 0.6 is 15.9 Å². The van der Waals surface area contributed by atoms with Gasteiger partial charge < -0.3 is 24.5 Å². The maximum absolute atomic E-state index is 10.5. The van der Waals surface area contributed by atoms with Crippen molar-refractivity contribution in [3.63, 3.8) is 0 Å². The van der Waals surface area contributed by atoms with Crippen molar-refractivity contribution in [2.75, 3.05) is 56.7 Å². The number of fused-ring (bicyclic) bond motifs is 2. The van der Waals surface area contributed by atoms with Crippen LogP contribution in [0.1, 0.15) is 43.4 Å². The number of benzene rings is 2. The molecule has 0 bridgehead atoms. The SMILES string of the molecule is CN(C)CC1(COc2nc3c(c(N4CCCCC4)n2)CCN(c2cc(O)cc4cccc(Br)c24)C3)CC1. The summed E-state index contributed by atoms with van der Waals surface area (Å²) in [6.07, 6.45) is 6.96. The molecule has 1 N–H and O–H groups in total. The Labute approximate surface area is 227 Å². The zero-order chi connectivity index (χ0) is 25.6. The topological polar surface area (TPSA) is 65.0 Å². The summed E-state index contributed by atoms with van der Waals surface area (Å²) in [5, 5.41) is 12.6. The average molecular weight is 567 g/mol. The highest BCUT2D eigenvalue weighted by atomic mass is 79.9. The Hall–Kier alpha value is -2.58. The van der Waals surface area contributed by atoms with Crippen molar-refractivity contribution in [1.82, 2.24) is 14.9 Å². The van der Waals surface area contributed by atoms with Crippen molar-refractivity contribution in [3.05, 3.63) is 46.1 Å². The summed E-state index contributed by atoms with van der Waals surface area (Å²) < 4.78 is 7.37. The van der Waals surface area contributed by atoms with Gasteiger partial charge in [-0.1, -0.05) is 28.1 Å². The maximum Gasteiger partial charge on any atom is 0.318 e. The number of piperidine rings is 1. The second-order valence-electron chi connectivity index (χ2n) is 11.3. The van der Waals surface area contributed by atoms with E-state index < -0.39 is 0 Å². The van der Waals surface area contributed by atoms with Crippen LogP contribution < -0.4 is 14.5 Å². The fraction of sp³-hybridized carbons (Fsp3) is 0.517. The average Bonchev–Trinajstić information content (AvgIpc) is 3.65. The van der Waals surface area contributed by atoms with Gasteiger partial charge in [0.05, 0.1) is 18.8 Å². The van der Waals surface area contributed by atoms with Gasteiger partial charge in [0.2, 0.25) is 0 Å². The van der Waals surface area contributed by atoms with Crippen molar-refractivity contribution in [3.8, 4) is 11.8 Å². The molecule has 6 rings (SSSR count). The van der Waals surface area contributed by atoms with E-state index in [1.54, 1.807) is 0 Å². The Morgan fingerprint density at radius 3 is 2.62 bits per heavy atom. The smallest absolute Gasteiger partial charge is 0.318 e. The summed E-state index contributed by atoms with van der Waals surface area (Å²) >= 11 is 3.74. The molecule has 3 aliphatic rings. The van der Waals surface area contributed by atoms with Crippen LogP contribution in [0.5, 0.6) is 11.8 Å². The van der Waals surface area contributed by atoms with Gasteiger partial charge in [-0.05, 0) is 70.1 Å². The van der Waals surface area contributed by atoms with Crippen molar-refractivity contribution >= 4 is 38.2 Å². The number of halogens is 1. The molecule has 0 radical (unpaired) electrons. The molecule has 1 aliphatic carbocycles. The van der Waals surface area contributed by atoms with E-state index in [1.165, 1.54) is 37.7 Å². The van der Waals surface area contributed by atoms with Crippen LogP contribution in [0.4, 0.5) is 11.5 Å². The van der Waals surface area contributed by atoms with Crippen LogP contribution in [0.25, 0.3) is 10.8 Å². The number of ether oxygens (including phenoxy) is 1. The molecule has 1 aromatic heterocycles. The molecule has 1 saturated carbocycles. The first-order valence-electron chi connectivity index (χ1n) is 13.5. The molecule has 2 aromatic carbocycles. The zero-order valence-corrected chi connectivity index (χ0v) is 23.4. The molecule has 3 heterocycles. The molecule has 0 spiro atoms. The second kappa shape index (κ2) is 9.95. The minimum absolute atomic E-state index is 0.229. The fourth-order valence-corrected chi connectivity index (χ4v) is 6.62. The van der Waals surface area contributed by atoms with Crippen LogP contribution in [0.3, 0.4) is 0 Å². The standard InChI is InChI=1S/C29H36BrN5O2/c1-33(2)18-29(10-11-29)19-37-28-31-24-17-35(14-9-22(24)27(32-28)34-12-4-3-5-13-34)25-16-21(36)15-20-7-6-8-23(30)26(20)25/h6-8,15-16,36H,3-5,9-14,17-19H2,1-2H3. The second-order valence-corrected chi connectivity index (χ2v) is 12.2. The molecule has 3 aromatic rings. The molecule has 196 valence electrons. The molecule has 2 aliphatic heterocycles. The molecule has 0 atom stereocenters. The van der Waals surface area contributed by atoms with Crippen molar-refractivity contribution in [2.45, 2.75) is 45.1 Å². The van der Waals surface area contributed by atoms with E-state index >= 15 is 0 Å². The molecule has 0 unspecified atom stereocenters. The van der Waals surface area contributed by atoms with E-state index in [9.17, 15) is 5.11 Å². The van der Waals surface area contributed by atoms with Gasteiger partial charge in [-0.15, -0.1) is 0 Å². The Kier molecular flexibility index (Phi) is 6.65. The van der Waals surface area contributed by atoms with E-state index in [0.29, 0.717) is 19.2 Å². The van der Waals surface area contributed by atoms with Gasteiger partial charge in [0, 0.05) is 58.8 Å². The number of aromatic nitrogens is 2. The van der Waals surface area contributed by atoms with Gasteiger partial charge in [0.25, 0.3) is 0 Å². The largest absolute Gasteiger partial charge is 0.508 e. The third-order valence-electron chi connectivity index (χ3n) is 8.03. The molecule has 37 heavy (non-hydrogen) atoms. The summed E-state index contributed by atoms with van der Waals surface area (Å²) in [6.45, 7) is 5.30. The third-order valence-corrected chi connectivity index (χ3v) is 8.69. The quantitative estimate of drug-likeness (QED) is 0.413. The Morgan fingerprint density at radius 2 is 1.86 bits per heavy atom. The Balaban J connectivity index is 1.34. The molecule has 8 heteroatoms. The predicted molar refractivity (Wildman–Crippen MR) is 152 cm³/mol. The number of rotatable bonds is 7. The lowest BCUT2D eigenvalue weighted by atomic mass is 10.0. The molecule has 2 fully saturated rings. The van der Waals surface area contributed by atoms with Crippen molar-refractivity contribution in [2.24, 2.45) is 5.41 Å². The lowest BCUT2D eigenvalue weighted by Crippen LogP contribution is -2.36. The highest BCUT2D eigenvalue weighted by molar-refractivity contribution is 9.10. The van der Waals surface area contributed by atoms with Gasteiger partial charge >= 0.3 is 6.01 Å². The van der Waals surface area contributed by atoms with Gasteiger partial charge in [-0.3, -0.25) is 0 Å². The van der Waals surface area contributed by atoms with Crippen LogP contribution in [0.15, 0.2) is 34.8 Å². The van der Waals surface area contributed by atoms with E-state index in [0.717, 1.165) is 65.0 Å². The van der Waals surface area contributed by atoms with Gasteiger partial charge in [0.1, 0.15) is 11.6 Å². The molecule has 7 nitrogen and oxygen atoms in total. The number of nitrogens with zero attached hydrogens (tertiary/aromatic N) is 5. The Morgan fingerprint density at radius 1 is 1.05 bits per heavy atom. The zero-order valence-electron chi connectivity index (χ0n) is 21.8. The number of aromatic hydroxyl groups is 1. The van der Waals surface area contributed by atoms with Crippen LogP contribution in [-0.2, 0) is 13.0 Å². The third kappa shape index (κ3) is 5.10. The van der Waals surface area contributed by atoms with E-state index in [1.807, 2.05) is 24.3 Å². The molecular weight excluding hydrogens is 530 g/mol. The summed E-state index contributed by atoms with van der Waals surface area (Å²) in [4.78, 5) is 17.0. The minimum atomic E-state index is 0.229. The van der Waals surface area contributed by atoms with E-state index in [-0.39, 0.29) is 11.2 Å². The number of phenolic OH excluding ortho intramolecular Hbond substituents is 1. The first-order valence-corrected chi connectivity index (χ1v) is 14.3. The molecular formula is C29H36BrN5O2. The van der Waals surface area contributed by atoms with E-state index in [4.69, 9.17) is 14.7 Å². The van der Waals surface area contributed by atoms with Crippen molar-refractivity contribution < 1.29 is 9.84 Å². The first kappa shape index (κ1) is 24.7. The van der Waals surface area contributed by atoms with Crippen LogP contribution in [0, 0.1) is 5.41 Å². The van der Waals surface area contributed by atoms with Crippen LogP contribution in [0.2, 0.25) is 0 Å². The molecule has 0 amide bonds. The molecule has 1 saturated heterocycles. The summed E-state index contributed by atoms with van der Waals surface area (Å²) in [5.74, 6) is 1.35. The number of anilines is 2. The monoisotopic (exact) mass is 565 g/mol. The van der Waals surface area contributed by atoms with Gasteiger partial charge in [-0.2, -0.15) is 9.97 Å². The fourth-order valence-electron chi connectivity index (χ4n) is 6.03. The maximum atomic E-state index is 10.5. The van der Waals surface area contributed by atoms with Gasteiger partial charge in [0.15, 0.2) is 0 Å². The van der Waals surface area contributed by atoms with Crippen LogP contribution in [-0.4, -0.2) is 66.9 Å². The lowest BCUT2D eigenvalue weighted by molar-refractivity contribution is 0.182. The predicted octanol–water partition coefficient (Wildman–Crippen LogP) is 5.37. The highest BCUT2D eigenvalue weighted by Crippen LogP contribution is 2.46. The normalized spacial score (nSPS) is 18.8. The summed E-state index contributed by atoms with van der Waals surface area (Å²) in [7, 11) is 4.25. The number of hydrogen-bond donors (Lipinski definition) is 1. The first-order chi connectivity index (χ1) is 17.9. The van der Waals surface area contributed by atoms with E-state index in [2.05, 4.69) is 50.8 Å². The number of phenols is 1. The summed E-state index contributed by atoms with van der Waals surface area (Å²) in [6, 6.07) is 10.3. The minimum Gasteiger partial charge on any atom is -0.508 e.